The van der Waals surface area contributed by atoms with E-state index in [1.807, 2.05) is 0 Å². The molecule has 0 aromatic heterocycles. The first-order chi connectivity index (χ1) is 15.4. The van der Waals surface area contributed by atoms with Gasteiger partial charge in [0.1, 0.15) is 0 Å². The lowest BCUT2D eigenvalue weighted by Crippen LogP contribution is -2.42. The van der Waals surface area contributed by atoms with Crippen molar-refractivity contribution in [1.29, 1.82) is 0 Å². The van der Waals surface area contributed by atoms with Crippen molar-refractivity contribution in [2.75, 3.05) is 39.3 Å². The van der Waals surface area contributed by atoms with Crippen LogP contribution in [0, 0.1) is 5.92 Å². The van der Waals surface area contributed by atoms with Gasteiger partial charge < -0.3 is 16.0 Å². The smallest absolute Gasteiger partial charge is 0.243 e. The molecule has 2 fully saturated rings. The molecule has 2 saturated heterocycles. The summed E-state index contributed by atoms with van der Waals surface area (Å²) in [6.45, 7) is 4.32. The number of amides is 2. The number of carbonyl (C=O) groups excluding carboxylic acids is 2. The van der Waals surface area contributed by atoms with Crippen LogP contribution < -0.4 is 11.1 Å². The van der Waals surface area contributed by atoms with Crippen LogP contribution in [0.15, 0.2) is 29.2 Å². The Hall–Kier alpha value is -1.97. The Labute approximate surface area is 191 Å². The minimum absolute atomic E-state index is 0.0105. The van der Waals surface area contributed by atoms with E-state index in [1.54, 1.807) is 28.6 Å². The van der Waals surface area contributed by atoms with Crippen LogP contribution in [0.1, 0.15) is 50.5 Å². The first-order valence-electron chi connectivity index (χ1n) is 11.7. The maximum Gasteiger partial charge on any atom is 0.243 e. The Balaban J connectivity index is 1.35. The second-order valence-electron chi connectivity index (χ2n) is 8.85. The molecule has 3 N–H and O–H groups in total. The summed E-state index contributed by atoms with van der Waals surface area (Å²) in [5.74, 6) is -0.289. The molecule has 1 unspecified atom stereocenters. The van der Waals surface area contributed by atoms with Crippen LogP contribution in [0.5, 0.6) is 0 Å². The Kier molecular flexibility index (Phi) is 9.07. The lowest BCUT2D eigenvalue weighted by atomic mass is 9.97. The molecule has 178 valence electrons. The zero-order valence-corrected chi connectivity index (χ0v) is 19.6. The number of piperidine rings is 2. The van der Waals surface area contributed by atoms with Crippen LogP contribution in [-0.2, 0) is 26.0 Å². The van der Waals surface area contributed by atoms with Gasteiger partial charge in [-0.05, 0) is 69.3 Å². The van der Waals surface area contributed by atoms with Crippen LogP contribution in [0.25, 0.3) is 0 Å². The van der Waals surface area contributed by atoms with Crippen LogP contribution in [0.2, 0.25) is 0 Å². The zero-order valence-electron chi connectivity index (χ0n) is 18.8. The topological polar surface area (TPSA) is 113 Å². The second-order valence-corrected chi connectivity index (χ2v) is 10.8. The average molecular weight is 465 g/mol. The van der Waals surface area contributed by atoms with Crippen LogP contribution >= 0.6 is 0 Å². The monoisotopic (exact) mass is 464 g/mol. The fourth-order valence-electron chi connectivity index (χ4n) is 4.45. The SMILES string of the molecule is NC(=O)C1CCCN(CCCNC(=O)CCc2ccc(S(=O)(=O)N3CCCCC3)cc2)C1. The van der Waals surface area contributed by atoms with Crippen molar-refractivity contribution in [3.05, 3.63) is 29.8 Å². The highest BCUT2D eigenvalue weighted by Gasteiger charge is 2.26. The number of nitrogens with two attached hydrogens (primary N) is 1. The van der Waals surface area contributed by atoms with E-state index in [1.165, 1.54) is 0 Å². The molecule has 32 heavy (non-hydrogen) atoms. The van der Waals surface area contributed by atoms with E-state index in [0.717, 1.165) is 57.2 Å². The molecule has 1 atom stereocenters. The molecule has 2 aliphatic heterocycles. The van der Waals surface area contributed by atoms with E-state index in [9.17, 15) is 18.0 Å². The largest absolute Gasteiger partial charge is 0.369 e. The molecule has 0 aliphatic carbocycles. The molecule has 2 amide bonds. The molecule has 1 aromatic carbocycles. The number of benzene rings is 1. The molecule has 9 heteroatoms. The summed E-state index contributed by atoms with van der Waals surface area (Å²) in [6.07, 6.45) is 6.54. The number of aryl methyl sites for hydroxylation is 1. The first kappa shape index (κ1) is 24.7. The van der Waals surface area contributed by atoms with Gasteiger partial charge in [0.25, 0.3) is 0 Å². The van der Waals surface area contributed by atoms with E-state index in [0.29, 0.717) is 43.9 Å². The minimum atomic E-state index is -3.42. The van der Waals surface area contributed by atoms with Gasteiger partial charge in [-0.3, -0.25) is 9.59 Å². The molecule has 8 nitrogen and oxygen atoms in total. The maximum atomic E-state index is 12.7. The maximum absolute atomic E-state index is 12.7. The van der Waals surface area contributed by atoms with Crippen molar-refractivity contribution in [1.82, 2.24) is 14.5 Å². The zero-order chi connectivity index (χ0) is 23.0. The molecular formula is C23H36N4O4S. The molecule has 0 spiro atoms. The van der Waals surface area contributed by atoms with E-state index in [2.05, 4.69) is 10.2 Å². The Morgan fingerprint density at radius 3 is 2.44 bits per heavy atom. The number of sulfonamides is 1. The normalized spacial score (nSPS) is 20.7. The van der Waals surface area contributed by atoms with Crippen molar-refractivity contribution in [3.8, 4) is 0 Å². The molecule has 0 saturated carbocycles. The number of likely N-dealkylation sites (tertiary alicyclic amines) is 1. The van der Waals surface area contributed by atoms with Gasteiger partial charge in [-0.25, -0.2) is 8.42 Å². The van der Waals surface area contributed by atoms with E-state index >= 15 is 0 Å². The Bertz CT molecular complexity index is 866. The Morgan fingerprint density at radius 2 is 1.75 bits per heavy atom. The van der Waals surface area contributed by atoms with E-state index < -0.39 is 10.0 Å². The third-order valence-corrected chi connectivity index (χ3v) is 8.31. The van der Waals surface area contributed by atoms with E-state index in [4.69, 9.17) is 5.73 Å². The van der Waals surface area contributed by atoms with Gasteiger partial charge in [-0.1, -0.05) is 18.6 Å². The standard InChI is InChI=1S/C23H36N4O4S/c24-23(29)20-6-4-14-26(18-20)15-5-13-25-22(28)12-9-19-7-10-21(11-8-19)32(30,31)27-16-2-1-3-17-27/h7-8,10-11,20H,1-6,9,12-18H2,(H2,24,29)(H,25,28). The highest BCUT2D eigenvalue weighted by Crippen LogP contribution is 2.21. The van der Waals surface area contributed by atoms with Gasteiger partial charge in [-0.15, -0.1) is 0 Å². The average Bonchev–Trinajstić information content (AvgIpc) is 2.81. The number of primary amides is 1. The molecule has 0 radical (unpaired) electrons. The van der Waals surface area contributed by atoms with Gasteiger partial charge in [-0.2, -0.15) is 4.31 Å². The summed E-state index contributed by atoms with van der Waals surface area (Å²) in [4.78, 5) is 26.1. The van der Waals surface area contributed by atoms with Gasteiger partial charge in [0, 0.05) is 32.6 Å². The van der Waals surface area contributed by atoms with E-state index in [-0.39, 0.29) is 17.7 Å². The third kappa shape index (κ3) is 7.02. The highest BCUT2D eigenvalue weighted by atomic mass is 32.2. The van der Waals surface area contributed by atoms with Crippen molar-refractivity contribution < 1.29 is 18.0 Å². The second kappa shape index (κ2) is 11.8. The third-order valence-electron chi connectivity index (χ3n) is 6.40. The van der Waals surface area contributed by atoms with Crippen LogP contribution in [-0.4, -0.2) is 68.7 Å². The van der Waals surface area contributed by atoms with Crippen molar-refractivity contribution >= 4 is 21.8 Å². The lowest BCUT2D eigenvalue weighted by Gasteiger charge is -2.31. The molecule has 1 aromatic rings. The van der Waals surface area contributed by atoms with Gasteiger partial charge in [0.05, 0.1) is 10.8 Å². The van der Waals surface area contributed by atoms with Crippen LogP contribution in [0.4, 0.5) is 0 Å². The fourth-order valence-corrected chi connectivity index (χ4v) is 5.97. The van der Waals surface area contributed by atoms with Crippen molar-refractivity contribution in [3.63, 3.8) is 0 Å². The lowest BCUT2D eigenvalue weighted by molar-refractivity contribution is -0.123. The summed E-state index contributed by atoms with van der Waals surface area (Å²) in [7, 11) is -3.42. The Morgan fingerprint density at radius 1 is 1.03 bits per heavy atom. The first-order valence-corrected chi connectivity index (χ1v) is 13.2. The number of rotatable bonds is 10. The van der Waals surface area contributed by atoms with Gasteiger partial charge in [0.15, 0.2) is 0 Å². The minimum Gasteiger partial charge on any atom is -0.369 e. The molecule has 0 bridgehead atoms. The predicted molar refractivity (Wildman–Crippen MR) is 123 cm³/mol. The summed E-state index contributed by atoms with van der Waals surface area (Å²) >= 11 is 0. The summed E-state index contributed by atoms with van der Waals surface area (Å²) in [6, 6.07) is 6.90. The molecule has 2 aliphatic rings. The molecule has 3 rings (SSSR count). The molecular weight excluding hydrogens is 428 g/mol. The number of hydrogen-bond donors (Lipinski definition) is 2. The van der Waals surface area contributed by atoms with Gasteiger partial charge in [0.2, 0.25) is 21.8 Å². The van der Waals surface area contributed by atoms with Gasteiger partial charge >= 0.3 is 0 Å². The summed E-state index contributed by atoms with van der Waals surface area (Å²) in [5.41, 5.74) is 6.36. The van der Waals surface area contributed by atoms with Crippen molar-refractivity contribution in [2.45, 2.75) is 56.3 Å². The van der Waals surface area contributed by atoms with Crippen molar-refractivity contribution in [2.24, 2.45) is 11.7 Å². The predicted octanol–water partition coefficient (Wildman–Crippen LogP) is 1.50. The summed E-state index contributed by atoms with van der Waals surface area (Å²) < 4.78 is 27.0. The molecule has 2 heterocycles. The highest BCUT2D eigenvalue weighted by molar-refractivity contribution is 7.89. The number of nitrogens with one attached hydrogen (secondary N) is 1. The van der Waals surface area contributed by atoms with Crippen LogP contribution in [0.3, 0.4) is 0 Å². The number of nitrogens with zero attached hydrogens (tertiary/aromatic N) is 2. The number of carbonyl (C=O) groups is 2. The number of hydrogen-bond acceptors (Lipinski definition) is 5. The fraction of sp³-hybridized carbons (Fsp3) is 0.652. The summed E-state index contributed by atoms with van der Waals surface area (Å²) in [5, 5.41) is 2.95. The quantitative estimate of drug-likeness (QED) is 0.510.